The maximum Gasteiger partial charge on any atom is 0.325 e. The van der Waals surface area contributed by atoms with E-state index in [9.17, 15) is 4.79 Å². The summed E-state index contributed by atoms with van der Waals surface area (Å²) in [6, 6.07) is 0. The summed E-state index contributed by atoms with van der Waals surface area (Å²) in [6.45, 7) is 2.77. The van der Waals surface area contributed by atoms with Crippen molar-refractivity contribution in [3.8, 4) is 0 Å². The lowest BCUT2D eigenvalue weighted by Gasteiger charge is -2.36. The highest BCUT2D eigenvalue weighted by molar-refractivity contribution is 5.85. The lowest BCUT2D eigenvalue weighted by atomic mass is 9.91. The van der Waals surface area contributed by atoms with Gasteiger partial charge >= 0.3 is 5.97 Å². The van der Waals surface area contributed by atoms with E-state index in [0.717, 1.165) is 13.0 Å². The lowest BCUT2D eigenvalue weighted by Crippen LogP contribution is -2.60. The van der Waals surface area contributed by atoms with Gasteiger partial charge in [0.2, 0.25) is 0 Å². The smallest absolute Gasteiger partial charge is 0.325 e. The van der Waals surface area contributed by atoms with Crippen LogP contribution in [0.3, 0.4) is 0 Å². The maximum atomic E-state index is 10.8. The molecule has 3 nitrogen and oxygen atoms in total. The van der Waals surface area contributed by atoms with E-state index in [2.05, 4.69) is 10.1 Å². The van der Waals surface area contributed by atoms with Gasteiger partial charge in [-0.3, -0.25) is 4.79 Å². The van der Waals surface area contributed by atoms with E-state index in [1.807, 2.05) is 6.92 Å². The average molecular weight is 166 g/mol. The van der Waals surface area contributed by atoms with Crippen LogP contribution in [0.4, 0.5) is 0 Å². The Kier molecular flexibility index (Phi) is 3.12. The Bertz CT molecular complexity index is 134. The first-order valence-electron chi connectivity index (χ1n) is 3.02. The summed E-state index contributed by atoms with van der Waals surface area (Å²) in [6.07, 6.45) is 0.889. The molecule has 4 heteroatoms. The van der Waals surface area contributed by atoms with Crippen molar-refractivity contribution < 1.29 is 9.53 Å². The molecule has 0 saturated carbocycles. The molecule has 1 N–H and O–H groups in total. The Morgan fingerprint density at radius 3 is 2.30 bits per heavy atom. The second-order valence-electron chi connectivity index (χ2n) is 2.50. The van der Waals surface area contributed by atoms with Crippen LogP contribution in [-0.4, -0.2) is 25.2 Å². The number of esters is 1. The molecule has 0 aromatic rings. The third kappa shape index (κ3) is 1.41. The number of carbonyl (C=O) groups is 1. The van der Waals surface area contributed by atoms with E-state index < -0.39 is 0 Å². The monoisotopic (exact) mass is 165 g/mol. The van der Waals surface area contributed by atoms with Crippen LogP contribution < -0.4 is 5.32 Å². The molecular formula is C6H12ClNO2. The molecule has 10 heavy (non-hydrogen) atoms. The Labute approximate surface area is 66.5 Å². The van der Waals surface area contributed by atoms with E-state index in [-0.39, 0.29) is 23.9 Å². The number of methoxy groups -OCH3 is 1. The fourth-order valence-electron chi connectivity index (χ4n) is 0.899. The summed E-state index contributed by atoms with van der Waals surface area (Å²) in [5.74, 6) is -0.159. The van der Waals surface area contributed by atoms with Gasteiger partial charge in [-0.2, -0.15) is 0 Å². The molecule has 1 aliphatic heterocycles. The van der Waals surface area contributed by atoms with Crippen LogP contribution in [0.2, 0.25) is 0 Å². The molecule has 0 amide bonds. The van der Waals surface area contributed by atoms with Gasteiger partial charge in [-0.05, 0) is 19.9 Å². The van der Waals surface area contributed by atoms with Gasteiger partial charge in [-0.25, -0.2) is 0 Å². The number of hydrogen-bond donors (Lipinski definition) is 1. The van der Waals surface area contributed by atoms with Crippen LogP contribution >= 0.6 is 12.4 Å². The van der Waals surface area contributed by atoms with Crippen molar-refractivity contribution in [1.29, 1.82) is 0 Å². The second kappa shape index (κ2) is 3.21. The summed E-state index contributed by atoms with van der Waals surface area (Å²) in [5, 5.41) is 3.00. The van der Waals surface area contributed by atoms with Crippen molar-refractivity contribution in [3.63, 3.8) is 0 Å². The summed E-state index contributed by atoms with van der Waals surface area (Å²) in [5.41, 5.74) is -0.380. The van der Waals surface area contributed by atoms with Crippen LogP contribution in [0.1, 0.15) is 13.3 Å². The van der Waals surface area contributed by atoms with Crippen molar-refractivity contribution in [3.05, 3.63) is 0 Å². The van der Waals surface area contributed by atoms with Crippen molar-refractivity contribution >= 4 is 18.4 Å². The summed E-state index contributed by atoms with van der Waals surface area (Å²) >= 11 is 0. The Balaban J connectivity index is 0.000000810. The molecule has 1 fully saturated rings. The fraction of sp³-hybridized carbons (Fsp3) is 0.833. The van der Waals surface area contributed by atoms with Crippen LogP contribution in [0, 0.1) is 0 Å². The van der Waals surface area contributed by atoms with Crippen LogP contribution in [-0.2, 0) is 9.53 Å². The van der Waals surface area contributed by atoms with E-state index in [1.54, 1.807) is 0 Å². The summed E-state index contributed by atoms with van der Waals surface area (Å²) in [7, 11) is 1.41. The van der Waals surface area contributed by atoms with Crippen LogP contribution in [0.25, 0.3) is 0 Å². The van der Waals surface area contributed by atoms with Gasteiger partial charge in [0.15, 0.2) is 0 Å². The minimum atomic E-state index is -0.380. The molecule has 0 bridgehead atoms. The zero-order valence-corrected chi connectivity index (χ0v) is 6.96. The molecule has 1 atom stereocenters. The molecule has 0 unspecified atom stereocenters. The fourth-order valence-corrected chi connectivity index (χ4v) is 0.899. The average Bonchev–Trinajstić information content (AvgIpc) is 1.81. The Hall–Kier alpha value is -0.280. The normalized spacial score (nSPS) is 29.8. The lowest BCUT2D eigenvalue weighted by molar-refractivity contribution is -0.150. The minimum Gasteiger partial charge on any atom is -0.468 e. The number of nitrogens with one attached hydrogen (secondary N) is 1. The minimum absolute atomic E-state index is 0. The highest BCUT2D eigenvalue weighted by Crippen LogP contribution is 2.18. The molecule has 0 radical (unpaired) electrons. The van der Waals surface area contributed by atoms with Gasteiger partial charge in [-0.1, -0.05) is 0 Å². The molecule has 1 saturated heterocycles. The predicted octanol–water partition coefficient (Wildman–Crippen LogP) is 0.333. The molecule has 1 rings (SSSR count). The molecule has 0 aliphatic carbocycles. The second-order valence-corrected chi connectivity index (χ2v) is 2.50. The van der Waals surface area contributed by atoms with Crippen LogP contribution in [0.5, 0.6) is 0 Å². The van der Waals surface area contributed by atoms with Crippen molar-refractivity contribution in [2.24, 2.45) is 0 Å². The number of ether oxygens (including phenoxy) is 1. The molecule has 1 aliphatic rings. The first kappa shape index (κ1) is 9.72. The highest BCUT2D eigenvalue weighted by Gasteiger charge is 2.39. The van der Waals surface area contributed by atoms with Gasteiger partial charge < -0.3 is 10.1 Å². The zero-order valence-electron chi connectivity index (χ0n) is 6.14. The SMILES string of the molecule is COC(=O)[C@@]1(C)CCN1.Cl. The van der Waals surface area contributed by atoms with E-state index in [1.165, 1.54) is 7.11 Å². The first-order valence-corrected chi connectivity index (χ1v) is 3.02. The maximum absolute atomic E-state index is 10.8. The largest absolute Gasteiger partial charge is 0.468 e. The van der Waals surface area contributed by atoms with Crippen LogP contribution in [0.15, 0.2) is 0 Å². The highest BCUT2D eigenvalue weighted by atomic mass is 35.5. The predicted molar refractivity (Wildman–Crippen MR) is 40.3 cm³/mol. The molecule has 0 aromatic heterocycles. The van der Waals surface area contributed by atoms with Gasteiger partial charge in [0.1, 0.15) is 5.54 Å². The van der Waals surface area contributed by atoms with Gasteiger partial charge in [0, 0.05) is 0 Å². The number of halogens is 1. The van der Waals surface area contributed by atoms with Gasteiger partial charge in [0.25, 0.3) is 0 Å². The Morgan fingerprint density at radius 1 is 1.70 bits per heavy atom. The molecule has 0 aromatic carbocycles. The van der Waals surface area contributed by atoms with Gasteiger partial charge in [0.05, 0.1) is 7.11 Å². The van der Waals surface area contributed by atoms with Gasteiger partial charge in [-0.15, -0.1) is 12.4 Å². The third-order valence-electron chi connectivity index (χ3n) is 1.78. The molecule has 1 heterocycles. The topological polar surface area (TPSA) is 38.3 Å². The standard InChI is InChI=1S/C6H11NO2.ClH/c1-6(3-4-7-6)5(8)9-2;/h7H,3-4H2,1-2H3;1H/t6-;/m1./s1. The first-order chi connectivity index (χ1) is 4.19. The summed E-state index contributed by atoms with van der Waals surface area (Å²) in [4.78, 5) is 10.8. The zero-order chi connectivity index (χ0) is 6.91. The van der Waals surface area contributed by atoms with Crippen molar-refractivity contribution in [2.45, 2.75) is 18.9 Å². The van der Waals surface area contributed by atoms with Crippen molar-refractivity contribution in [2.75, 3.05) is 13.7 Å². The molecular weight excluding hydrogens is 154 g/mol. The van der Waals surface area contributed by atoms with E-state index in [4.69, 9.17) is 0 Å². The number of carbonyl (C=O) groups excluding carboxylic acids is 1. The van der Waals surface area contributed by atoms with Crippen molar-refractivity contribution in [1.82, 2.24) is 5.32 Å². The number of rotatable bonds is 1. The molecule has 60 valence electrons. The third-order valence-corrected chi connectivity index (χ3v) is 1.78. The Morgan fingerprint density at radius 2 is 2.20 bits per heavy atom. The van der Waals surface area contributed by atoms with E-state index >= 15 is 0 Å². The summed E-state index contributed by atoms with van der Waals surface area (Å²) < 4.78 is 4.56. The molecule has 0 spiro atoms. The quantitative estimate of drug-likeness (QED) is 0.570. The van der Waals surface area contributed by atoms with E-state index in [0.29, 0.717) is 0 Å². The number of hydrogen-bond acceptors (Lipinski definition) is 3.